The van der Waals surface area contributed by atoms with Crippen LogP contribution in [0.1, 0.15) is 5.56 Å². The van der Waals surface area contributed by atoms with E-state index in [-0.39, 0.29) is 22.2 Å². The first-order valence-corrected chi connectivity index (χ1v) is 7.37. The highest BCUT2D eigenvalue weighted by Gasteiger charge is 2.15. The van der Waals surface area contributed by atoms with E-state index in [2.05, 4.69) is 10.3 Å². The summed E-state index contributed by atoms with van der Waals surface area (Å²) in [5.74, 6) is 0.553. The van der Waals surface area contributed by atoms with Gasteiger partial charge in [0.2, 0.25) is 0 Å². The Bertz CT molecular complexity index is 971. The fourth-order valence-corrected chi connectivity index (χ4v) is 2.48. The topological polar surface area (TPSA) is 96.1 Å². The number of fused-ring (bicyclic) bond motifs is 1. The molecule has 0 atom stereocenters. The van der Waals surface area contributed by atoms with Gasteiger partial charge in [0.15, 0.2) is 11.4 Å². The predicted octanol–water partition coefficient (Wildman–Crippen LogP) is 2.30. The fourth-order valence-electron chi connectivity index (χ4n) is 2.30. The minimum atomic E-state index is -0.486. The Morgan fingerprint density at radius 3 is 2.83 bits per heavy atom. The lowest BCUT2D eigenvalue weighted by atomic mass is 10.2. The highest BCUT2D eigenvalue weighted by Crippen LogP contribution is 2.28. The summed E-state index contributed by atoms with van der Waals surface area (Å²) in [6.45, 7) is -0.486. The van der Waals surface area contributed by atoms with Crippen molar-refractivity contribution in [3.05, 3.63) is 57.5 Å². The van der Waals surface area contributed by atoms with E-state index in [0.717, 1.165) is 0 Å². The highest BCUT2D eigenvalue weighted by atomic mass is 35.5. The first kappa shape index (κ1) is 16.1. The van der Waals surface area contributed by atoms with Crippen molar-refractivity contribution >= 4 is 28.8 Å². The molecule has 3 rings (SSSR count). The van der Waals surface area contributed by atoms with Crippen LogP contribution in [0.15, 0.2) is 41.3 Å². The molecule has 0 saturated heterocycles. The lowest BCUT2D eigenvalue weighted by molar-refractivity contribution is 0.280. The fraction of sp³-hybridized carbons (Fsp3) is 0.125. The zero-order valence-electron chi connectivity index (χ0n) is 12.7. The molecule has 2 aromatic heterocycles. The quantitative estimate of drug-likeness (QED) is 0.627. The number of aliphatic hydroxyl groups is 1. The maximum absolute atomic E-state index is 12.6. The first-order valence-electron chi connectivity index (χ1n) is 6.99. The summed E-state index contributed by atoms with van der Waals surface area (Å²) in [7, 11) is 1.48. The predicted molar refractivity (Wildman–Crippen MR) is 90.3 cm³/mol. The number of phenolic OH excluding ortho intramolecular Hbond substituents is 1. The van der Waals surface area contributed by atoms with Crippen LogP contribution in [0.25, 0.3) is 5.65 Å². The molecule has 0 amide bonds. The largest absolute Gasteiger partial charge is 0.506 e. The molecule has 0 aliphatic carbocycles. The van der Waals surface area contributed by atoms with Crippen LogP contribution in [0.3, 0.4) is 0 Å². The number of anilines is 2. The van der Waals surface area contributed by atoms with E-state index in [0.29, 0.717) is 17.1 Å². The van der Waals surface area contributed by atoms with Crippen LogP contribution in [-0.2, 0) is 6.61 Å². The van der Waals surface area contributed by atoms with Crippen LogP contribution >= 0.6 is 11.6 Å². The molecule has 0 unspecified atom stereocenters. The number of benzene rings is 1. The van der Waals surface area contributed by atoms with E-state index in [1.54, 1.807) is 24.4 Å². The summed E-state index contributed by atoms with van der Waals surface area (Å²) >= 11 is 5.88. The number of hydrogen-bond acceptors (Lipinski definition) is 6. The number of hydrogen-bond donors (Lipinski definition) is 3. The van der Waals surface area contributed by atoms with Crippen molar-refractivity contribution < 1.29 is 14.9 Å². The van der Waals surface area contributed by atoms with E-state index in [1.807, 2.05) is 0 Å². The molecule has 0 aliphatic rings. The van der Waals surface area contributed by atoms with E-state index in [4.69, 9.17) is 16.3 Å². The number of halogens is 1. The monoisotopic (exact) mass is 347 g/mol. The number of nitrogens with zero attached hydrogens (tertiary/aromatic N) is 2. The Labute approximate surface area is 141 Å². The van der Waals surface area contributed by atoms with Crippen LogP contribution in [0.5, 0.6) is 11.5 Å². The molecule has 0 saturated carbocycles. The molecule has 2 heterocycles. The van der Waals surface area contributed by atoms with Gasteiger partial charge in [0.25, 0.3) is 5.56 Å². The van der Waals surface area contributed by atoms with Crippen LogP contribution in [-0.4, -0.2) is 26.7 Å². The van der Waals surface area contributed by atoms with Gasteiger partial charge in [-0.15, -0.1) is 0 Å². The van der Waals surface area contributed by atoms with Crippen molar-refractivity contribution in [3.8, 4) is 11.5 Å². The van der Waals surface area contributed by atoms with Gasteiger partial charge in [-0.3, -0.25) is 9.20 Å². The van der Waals surface area contributed by atoms with Crippen molar-refractivity contribution in [1.29, 1.82) is 0 Å². The number of nitrogens with one attached hydrogen (secondary N) is 1. The van der Waals surface area contributed by atoms with Crippen molar-refractivity contribution in [2.45, 2.75) is 6.61 Å². The molecule has 0 bridgehead atoms. The molecular weight excluding hydrogens is 334 g/mol. The molecule has 0 aliphatic heterocycles. The van der Waals surface area contributed by atoms with Crippen molar-refractivity contribution in [1.82, 2.24) is 9.38 Å². The van der Waals surface area contributed by atoms with Gasteiger partial charge in [-0.2, -0.15) is 0 Å². The standard InChI is InChI=1S/C16H14ClN3O4/c1-24-13-3-2-6-20-15(13)19-14(10(8-21)16(20)23)18-9-4-5-12(22)11(17)7-9/h2-7,18,21-22H,8H2,1H3. The number of aromatic nitrogens is 2. The first-order chi connectivity index (χ1) is 11.5. The third-order valence-corrected chi connectivity index (χ3v) is 3.80. The van der Waals surface area contributed by atoms with Crippen LogP contribution in [0, 0.1) is 0 Å². The van der Waals surface area contributed by atoms with Crippen molar-refractivity contribution in [2.24, 2.45) is 0 Å². The van der Waals surface area contributed by atoms with E-state index in [1.165, 1.54) is 23.6 Å². The zero-order valence-corrected chi connectivity index (χ0v) is 13.4. The van der Waals surface area contributed by atoms with Gasteiger partial charge in [-0.25, -0.2) is 4.98 Å². The number of methoxy groups -OCH3 is 1. The normalized spacial score (nSPS) is 10.8. The molecule has 3 N–H and O–H groups in total. The minimum Gasteiger partial charge on any atom is -0.506 e. The lowest BCUT2D eigenvalue weighted by Crippen LogP contribution is -2.22. The smallest absolute Gasteiger partial charge is 0.265 e. The van der Waals surface area contributed by atoms with Gasteiger partial charge in [-0.05, 0) is 30.3 Å². The maximum Gasteiger partial charge on any atom is 0.265 e. The number of rotatable bonds is 4. The van der Waals surface area contributed by atoms with Gasteiger partial charge >= 0.3 is 0 Å². The third kappa shape index (κ3) is 2.75. The Morgan fingerprint density at radius 1 is 1.38 bits per heavy atom. The zero-order chi connectivity index (χ0) is 17.3. The number of ether oxygens (including phenoxy) is 1. The molecule has 0 fully saturated rings. The highest BCUT2D eigenvalue weighted by molar-refractivity contribution is 6.32. The molecular formula is C16H14ClN3O4. The summed E-state index contributed by atoms with van der Waals surface area (Å²) < 4.78 is 6.53. The van der Waals surface area contributed by atoms with Gasteiger partial charge < -0.3 is 20.3 Å². The Hall–Kier alpha value is -2.77. The maximum atomic E-state index is 12.6. The summed E-state index contributed by atoms with van der Waals surface area (Å²) in [5.41, 5.74) is 0.520. The minimum absolute atomic E-state index is 0.0576. The molecule has 0 radical (unpaired) electrons. The summed E-state index contributed by atoms with van der Waals surface area (Å²) in [5, 5.41) is 22.1. The molecule has 124 valence electrons. The molecule has 24 heavy (non-hydrogen) atoms. The van der Waals surface area contributed by atoms with Crippen molar-refractivity contribution in [3.63, 3.8) is 0 Å². The lowest BCUT2D eigenvalue weighted by Gasteiger charge is -2.13. The number of aliphatic hydroxyl groups excluding tert-OH is 1. The van der Waals surface area contributed by atoms with Crippen LogP contribution in [0.4, 0.5) is 11.5 Å². The Balaban J connectivity index is 2.19. The van der Waals surface area contributed by atoms with Crippen LogP contribution < -0.4 is 15.6 Å². The van der Waals surface area contributed by atoms with Gasteiger partial charge in [0.05, 0.1) is 24.3 Å². The molecule has 0 spiro atoms. The van der Waals surface area contributed by atoms with Gasteiger partial charge in [0, 0.05) is 11.9 Å². The summed E-state index contributed by atoms with van der Waals surface area (Å²) in [6.07, 6.45) is 1.55. The van der Waals surface area contributed by atoms with Gasteiger partial charge in [-0.1, -0.05) is 11.6 Å². The third-order valence-electron chi connectivity index (χ3n) is 3.50. The van der Waals surface area contributed by atoms with E-state index >= 15 is 0 Å². The number of aromatic hydroxyl groups is 1. The second-order valence-corrected chi connectivity index (χ2v) is 5.37. The van der Waals surface area contributed by atoms with Crippen LogP contribution in [0.2, 0.25) is 5.02 Å². The second-order valence-electron chi connectivity index (χ2n) is 4.96. The molecule has 8 heteroatoms. The summed E-state index contributed by atoms with van der Waals surface area (Å²) in [4.78, 5) is 16.9. The second kappa shape index (κ2) is 6.38. The van der Waals surface area contributed by atoms with Gasteiger partial charge in [0.1, 0.15) is 11.6 Å². The number of phenols is 1. The molecule has 3 aromatic rings. The van der Waals surface area contributed by atoms with E-state index < -0.39 is 12.2 Å². The molecule has 1 aromatic carbocycles. The number of pyridine rings is 1. The van der Waals surface area contributed by atoms with E-state index in [9.17, 15) is 15.0 Å². The average Bonchev–Trinajstić information content (AvgIpc) is 2.58. The Kier molecular flexibility index (Phi) is 4.28. The summed E-state index contributed by atoms with van der Waals surface area (Å²) in [6, 6.07) is 7.82. The average molecular weight is 348 g/mol. The molecule has 7 nitrogen and oxygen atoms in total. The van der Waals surface area contributed by atoms with Crippen molar-refractivity contribution in [2.75, 3.05) is 12.4 Å². The SMILES string of the molecule is COc1cccn2c(=O)c(CO)c(Nc3ccc(O)c(Cl)c3)nc12. The Morgan fingerprint density at radius 2 is 2.17 bits per heavy atom.